The number of esters is 1. The Bertz CT molecular complexity index is 1610. The molecular formula is C31H25ClN2O4. The van der Waals surface area contributed by atoms with Gasteiger partial charge in [-0.3, -0.25) is 9.59 Å². The minimum Gasteiger partial charge on any atom is -0.423 e. The van der Waals surface area contributed by atoms with Crippen LogP contribution in [0.5, 0.6) is 5.75 Å². The Labute approximate surface area is 225 Å². The fourth-order valence-electron chi connectivity index (χ4n) is 4.40. The third kappa shape index (κ3) is 4.66. The van der Waals surface area contributed by atoms with Gasteiger partial charge in [-0.25, -0.2) is 9.69 Å². The third-order valence-electron chi connectivity index (χ3n) is 6.32. The first-order valence-corrected chi connectivity index (χ1v) is 12.5. The van der Waals surface area contributed by atoms with Gasteiger partial charge in [-0.15, -0.1) is 0 Å². The molecule has 190 valence electrons. The number of ether oxygens (including phenoxy) is 1. The van der Waals surface area contributed by atoms with E-state index in [1.807, 2.05) is 48.5 Å². The van der Waals surface area contributed by atoms with E-state index in [1.165, 1.54) is 0 Å². The molecule has 5 rings (SSSR count). The van der Waals surface area contributed by atoms with Crippen molar-refractivity contribution < 1.29 is 19.1 Å². The lowest BCUT2D eigenvalue weighted by Gasteiger charge is -2.22. The number of hydrogen-bond donors (Lipinski definition) is 1. The van der Waals surface area contributed by atoms with E-state index in [-0.39, 0.29) is 16.1 Å². The molecule has 0 bridgehead atoms. The number of nitrogens with zero attached hydrogens (tertiary/aromatic N) is 1. The zero-order valence-corrected chi connectivity index (χ0v) is 21.9. The lowest BCUT2D eigenvalue weighted by molar-refractivity contribution is -0.120. The van der Waals surface area contributed by atoms with Crippen LogP contribution < -0.4 is 15.0 Å². The van der Waals surface area contributed by atoms with Gasteiger partial charge in [0, 0.05) is 16.6 Å². The number of carbonyl (C=O) groups is 3. The quantitative estimate of drug-likeness (QED) is 0.177. The van der Waals surface area contributed by atoms with Gasteiger partial charge in [-0.05, 0) is 47.2 Å². The Morgan fingerprint density at radius 1 is 0.816 bits per heavy atom. The molecule has 0 radical (unpaired) electrons. The Morgan fingerprint density at radius 2 is 1.47 bits per heavy atom. The van der Waals surface area contributed by atoms with Gasteiger partial charge in [0.05, 0.1) is 11.3 Å². The van der Waals surface area contributed by atoms with Crippen LogP contribution in [0.4, 0.5) is 11.4 Å². The van der Waals surface area contributed by atoms with Gasteiger partial charge in [0.25, 0.3) is 11.8 Å². The van der Waals surface area contributed by atoms with Crippen molar-refractivity contribution in [3.63, 3.8) is 0 Å². The monoisotopic (exact) mass is 524 g/mol. The minimum atomic E-state index is -0.603. The van der Waals surface area contributed by atoms with Gasteiger partial charge < -0.3 is 10.1 Å². The molecule has 0 saturated heterocycles. The molecule has 7 heteroatoms. The number of para-hydroxylation sites is 1. The molecule has 1 aliphatic heterocycles. The summed E-state index contributed by atoms with van der Waals surface area (Å²) in [6, 6.07) is 26.8. The maximum atomic E-state index is 13.3. The van der Waals surface area contributed by atoms with Crippen LogP contribution in [0.15, 0.2) is 102 Å². The van der Waals surface area contributed by atoms with Crippen molar-refractivity contribution >= 4 is 51.5 Å². The predicted octanol–water partition coefficient (Wildman–Crippen LogP) is 6.79. The van der Waals surface area contributed by atoms with E-state index in [0.29, 0.717) is 22.7 Å². The summed E-state index contributed by atoms with van der Waals surface area (Å²) < 4.78 is 5.68. The SMILES string of the molecule is CC(C)(C)c1ccccc1OC(=O)c1ccc(NC2=C(Cl)C(=O)N(c3cccc4ccccc34)C2=O)cc1. The molecule has 0 aromatic heterocycles. The second kappa shape index (κ2) is 9.80. The molecular weight excluding hydrogens is 500 g/mol. The Morgan fingerprint density at radius 3 is 2.21 bits per heavy atom. The zero-order valence-electron chi connectivity index (χ0n) is 21.1. The summed E-state index contributed by atoms with van der Waals surface area (Å²) in [5.41, 5.74) is 1.99. The fraction of sp³-hybridized carbons (Fsp3) is 0.129. The summed E-state index contributed by atoms with van der Waals surface area (Å²) in [6.45, 7) is 6.16. The average Bonchev–Trinajstić information content (AvgIpc) is 3.11. The van der Waals surface area contributed by atoms with Crippen LogP contribution in [0, 0.1) is 0 Å². The lowest BCUT2D eigenvalue weighted by Crippen LogP contribution is -2.32. The van der Waals surface area contributed by atoms with Gasteiger partial charge in [0.2, 0.25) is 0 Å². The van der Waals surface area contributed by atoms with Crippen molar-refractivity contribution in [3.05, 3.63) is 113 Å². The molecule has 1 heterocycles. The molecule has 6 nitrogen and oxygen atoms in total. The van der Waals surface area contributed by atoms with Crippen molar-refractivity contribution in [2.45, 2.75) is 26.2 Å². The highest BCUT2D eigenvalue weighted by Crippen LogP contribution is 2.35. The van der Waals surface area contributed by atoms with E-state index in [9.17, 15) is 14.4 Å². The lowest BCUT2D eigenvalue weighted by atomic mass is 9.86. The largest absolute Gasteiger partial charge is 0.423 e. The van der Waals surface area contributed by atoms with E-state index >= 15 is 0 Å². The van der Waals surface area contributed by atoms with Gasteiger partial charge in [0.15, 0.2) is 0 Å². The Kier molecular flexibility index (Phi) is 6.51. The smallest absolute Gasteiger partial charge is 0.343 e. The number of hydrogen-bond acceptors (Lipinski definition) is 5. The summed E-state index contributed by atoms with van der Waals surface area (Å²) >= 11 is 6.32. The van der Waals surface area contributed by atoms with Gasteiger partial charge in [-0.1, -0.05) is 87.0 Å². The molecule has 0 aliphatic carbocycles. The number of benzene rings is 4. The standard InChI is InChI=1S/C31H25ClN2O4/c1-31(2,3)23-12-6-7-14-25(23)38-30(37)20-15-17-21(18-16-20)33-27-26(32)28(35)34(29(27)36)24-13-8-10-19-9-4-5-11-22(19)24/h4-18,33H,1-3H3. The predicted molar refractivity (Wildman–Crippen MR) is 149 cm³/mol. The molecule has 4 aromatic rings. The highest BCUT2D eigenvalue weighted by Gasteiger charge is 2.39. The number of carbonyl (C=O) groups excluding carboxylic acids is 3. The van der Waals surface area contributed by atoms with E-state index in [1.54, 1.807) is 42.5 Å². The number of fused-ring (bicyclic) bond motifs is 1. The van der Waals surface area contributed by atoms with Gasteiger partial charge in [-0.2, -0.15) is 0 Å². The van der Waals surface area contributed by atoms with Crippen LogP contribution in [0.2, 0.25) is 0 Å². The zero-order chi connectivity index (χ0) is 27.0. The summed E-state index contributed by atoms with van der Waals surface area (Å²) in [6.07, 6.45) is 0. The Hall–Kier alpha value is -4.42. The van der Waals surface area contributed by atoms with E-state index in [2.05, 4.69) is 26.1 Å². The number of rotatable bonds is 5. The average molecular weight is 525 g/mol. The van der Waals surface area contributed by atoms with Gasteiger partial charge >= 0.3 is 5.97 Å². The second-order valence-electron chi connectivity index (χ2n) is 9.97. The molecule has 38 heavy (non-hydrogen) atoms. The summed E-state index contributed by atoms with van der Waals surface area (Å²) in [7, 11) is 0. The number of anilines is 2. The number of nitrogens with one attached hydrogen (secondary N) is 1. The van der Waals surface area contributed by atoms with Crippen LogP contribution in [0.25, 0.3) is 10.8 Å². The highest BCUT2D eigenvalue weighted by atomic mass is 35.5. The molecule has 1 aliphatic rings. The first kappa shape index (κ1) is 25.2. The van der Waals surface area contributed by atoms with Gasteiger partial charge in [0.1, 0.15) is 16.5 Å². The number of imide groups is 1. The molecule has 0 fully saturated rings. The summed E-state index contributed by atoms with van der Waals surface area (Å²) in [5, 5.41) is 4.40. The Balaban J connectivity index is 1.34. The molecule has 0 saturated carbocycles. The minimum absolute atomic E-state index is 0.0287. The van der Waals surface area contributed by atoms with Crippen LogP contribution in [-0.4, -0.2) is 17.8 Å². The number of halogens is 1. The molecule has 1 N–H and O–H groups in total. The normalized spacial score (nSPS) is 13.8. The molecule has 0 atom stereocenters. The van der Waals surface area contributed by atoms with Crippen molar-refractivity contribution in [1.82, 2.24) is 0 Å². The fourth-order valence-corrected chi connectivity index (χ4v) is 4.61. The first-order valence-electron chi connectivity index (χ1n) is 12.1. The van der Waals surface area contributed by atoms with Crippen LogP contribution in [0.3, 0.4) is 0 Å². The highest BCUT2D eigenvalue weighted by molar-refractivity contribution is 6.53. The molecule has 4 aromatic carbocycles. The molecule has 0 spiro atoms. The van der Waals surface area contributed by atoms with E-state index in [0.717, 1.165) is 21.2 Å². The van der Waals surface area contributed by atoms with Crippen LogP contribution in [-0.2, 0) is 15.0 Å². The summed E-state index contributed by atoms with van der Waals surface area (Å²) in [4.78, 5) is 40.2. The molecule has 2 amide bonds. The first-order chi connectivity index (χ1) is 18.1. The maximum absolute atomic E-state index is 13.3. The van der Waals surface area contributed by atoms with E-state index < -0.39 is 17.8 Å². The number of amides is 2. The second-order valence-corrected chi connectivity index (χ2v) is 10.3. The maximum Gasteiger partial charge on any atom is 0.343 e. The van der Waals surface area contributed by atoms with E-state index in [4.69, 9.17) is 16.3 Å². The van der Waals surface area contributed by atoms with Crippen molar-refractivity contribution in [3.8, 4) is 5.75 Å². The summed E-state index contributed by atoms with van der Waals surface area (Å²) in [5.74, 6) is -1.15. The molecule has 0 unspecified atom stereocenters. The third-order valence-corrected chi connectivity index (χ3v) is 6.67. The van der Waals surface area contributed by atoms with Crippen LogP contribution in [0.1, 0.15) is 36.7 Å². The van der Waals surface area contributed by atoms with Crippen LogP contribution >= 0.6 is 11.6 Å². The van der Waals surface area contributed by atoms with Crippen molar-refractivity contribution in [1.29, 1.82) is 0 Å². The topological polar surface area (TPSA) is 75.7 Å². The van der Waals surface area contributed by atoms with Crippen molar-refractivity contribution in [2.75, 3.05) is 10.2 Å². The van der Waals surface area contributed by atoms with Crippen molar-refractivity contribution in [2.24, 2.45) is 0 Å².